The van der Waals surface area contributed by atoms with E-state index in [1.54, 1.807) is 72.8 Å². The van der Waals surface area contributed by atoms with Gasteiger partial charge < -0.3 is 14.6 Å². The summed E-state index contributed by atoms with van der Waals surface area (Å²) in [6.07, 6.45) is 0.741. The second-order valence-corrected chi connectivity index (χ2v) is 13.2. The van der Waals surface area contributed by atoms with Crippen LogP contribution in [0.25, 0.3) is 11.1 Å². The van der Waals surface area contributed by atoms with Gasteiger partial charge in [-0.1, -0.05) is 109 Å². The molecule has 270 valence electrons. The summed E-state index contributed by atoms with van der Waals surface area (Å²) >= 11 is 3.50. The molecular formula is C42H39BrF3NO5. The van der Waals surface area contributed by atoms with Crippen LogP contribution in [0.15, 0.2) is 126 Å². The van der Waals surface area contributed by atoms with Gasteiger partial charge in [0.25, 0.3) is 5.91 Å². The smallest absolute Gasteiger partial charge is 0.416 e. The van der Waals surface area contributed by atoms with Crippen LogP contribution in [-0.4, -0.2) is 29.6 Å². The van der Waals surface area contributed by atoms with Crippen molar-refractivity contribution in [1.82, 2.24) is 0 Å². The summed E-state index contributed by atoms with van der Waals surface area (Å²) in [7, 11) is 0. The molecule has 0 aliphatic rings. The summed E-state index contributed by atoms with van der Waals surface area (Å²) in [5.41, 5.74) is 2.01. The van der Waals surface area contributed by atoms with Gasteiger partial charge in [0.05, 0.1) is 17.9 Å². The summed E-state index contributed by atoms with van der Waals surface area (Å²) in [6.45, 7) is 2.58. The maximum absolute atomic E-state index is 14.2. The van der Waals surface area contributed by atoms with E-state index >= 15 is 0 Å². The average molecular weight is 775 g/mol. The number of para-hydroxylation sites is 1. The number of halogens is 4. The minimum absolute atomic E-state index is 0.0130. The summed E-state index contributed by atoms with van der Waals surface area (Å²) in [6, 6.07) is 31.3. The highest BCUT2D eigenvalue weighted by Crippen LogP contribution is 2.37. The highest BCUT2D eigenvalue weighted by molar-refractivity contribution is 9.10. The lowest BCUT2D eigenvalue weighted by Crippen LogP contribution is -2.47. The van der Waals surface area contributed by atoms with Crippen molar-refractivity contribution in [3.63, 3.8) is 0 Å². The Kier molecular flexibility index (Phi) is 13.1. The number of nitrogens with zero attached hydrogens (tertiary/aromatic N) is 1. The number of carboxylic acid groups (broad SMARTS) is 1. The van der Waals surface area contributed by atoms with Crippen molar-refractivity contribution < 1.29 is 37.3 Å². The second kappa shape index (κ2) is 17.9. The Bertz CT molecular complexity index is 1930. The molecule has 5 aromatic rings. The van der Waals surface area contributed by atoms with Crippen molar-refractivity contribution in [3.8, 4) is 28.4 Å². The predicted octanol–water partition coefficient (Wildman–Crippen LogP) is 11.6. The number of hydrogen-bond donors (Lipinski definition) is 1. The van der Waals surface area contributed by atoms with Crippen molar-refractivity contribution in [1.29, 1.82) is 0 Å². The van der Waals surface area contributed by atoms with E-state index in [1.807, 2.05) is 24.3 Å². The lowest BCUT2D eigenvalue weighted by atomic mass is 9.98. The Labute approximate surface area is 310 Å². The Balaban J connectivity index is 1.43. The Morgan fingerprint density at radius 3 is 2.13 bits per heavy atom. The number of aliphatic carboxylic acids is 1. The van der Waals surface area contributed by atoms with Crippen LogP contribution in [-0.2, 0) is 17.4 Å². The van der Waals surface area contributed by atoms with E-state index in [4.69, 9.17) is 9.47 Å². The number of unbranched alkanes of at least 4 members (excludes halogenated alkanes) is 4. The van der Waals surface area contributed by atoms with Gasteiger partial charge in [-0.05, 0) is 78.2 Å². The standard InChI is InChI=1S/C42H39BrF3NO5/c1-2-3-4-5-11-26-51-39-25-22-33(43)28-36(39)47(40(48)31-12-7-6-8-13-31)37(41(49)50)27-29-16-18-30(19-17-29)35-14-9-10-15-38(35)52-34-23-20-32(21-24-34)42(44,45)46/h6-10,12-25,28,37H,2-5,11,26-27H2,1H3,(H,49,50)/t37-/m0/s1. The molecule has 1 amide bonds. The number of carbonyl (C=O) groups excluding carboxylic acids is 1. The zero-order valence-electron chi connectivity index (χ0n) is 28.6. The van der Waals surface area contributed by atoms with Gasteiger partial charge in [-0.15, -0.1) is 0 Å². The number of carboxylic acids is 1. The summed E-state index contributed by atoms with van der Waals surface area (Å²) in [5.74, 6) is -0.573. The summed E-state index contributed by atoms with van der Waals surface area (Å²) in [4.78, 5) is 28.6. The average Bonchev–Trinajstić information content (AvgIpc) is 3.14. The zero-order chi connectivity index (χ0) is 37.1. The highest BCUT2D eigenvalue weighted by atomic mass is 79.9. The predicted molar refractivity (Wildman–Crippen MR) is 200 cm³/mol. The van der Waals surface area contributed by atoms with E-state index in [2.05, 4.69) is 22.9 Å². The van der Waals surface area contributed by atoms with Crippen LogP contribution in [0.4, 0.5) is 18.9 Å². The van der Waals surface area contributed by atoms with Crippen LogP contribution in [0.2, 0.25) is 0 Å². The first-order valence-corrected chi connectivity index (χ1v) is 17.9. The van der Waals surface area contributed by atoms with E-state index in [0.29, 0.717) is 45.0 Å². The fourth-order valence-electron chi connectivity index (χ4n) is 5.79. The first-order valence-electron chi connectivity index (χ1n) is 17.1. The quantitative estimate of drug-likeness (QED) is 0.101. The molecule has 0 aliphatic heterocycles. The number of rotatable bonds is 16. The first kappa shape index (κ1) is 38.1. The number of alkyl halides is 3. The van der Waals surface area contributed by atoms with Gasteiger partial charge in [0.2, 0.25) is 0 Å². The largest absolute Gasteiger partial charge is 0.491 e. The normalized spacial score (nSPS) is 11.9. The molecule has 0 aromatic heterocycles. The number of amides is 1. The fourth-order valence-corrected chi connectivity index (χ4v) is 6.14. The Morgan fingerprint density at radius 2 is 1.46 bits per heavy atom. The molecule has 0 radical (unpaired) electrons. The highest BCUT2D eigenvalue weighted by Gasteiger charge is 2.34. The molecule has 0 unspecified atom stereocenters. The number of carbonyl (C=O) groups is 2. The molecule has 0 spiro atoms. The van der Waals surface area contributed by atoms with E-state index in [9.17, 15) is 27.9 Å². The zero-order valence-corrected chi connectivity index (χ0v) is 30.2. The molecule has 5 aromatic carbocycles. The second-order valence-electron chi connectivity index (χ2n) is 12.3. The van der Waals surface area contributed by atoms with E-state index in [0.717, 1.165) is 49.8 Å². The molecule has 6 nitrogen and oxygen atoms in total. The summed E-state index contributed by atoms with van der Waals surface area (Å²) in [5, 5.41) is 10.7. The molecule has 5 rings (SSSR count). The van der Waals surface area contributed by atoms with Gasteiger partial charge in [-0.2, -0.15) is 13.2 Å². The molecule has 0 fully saturated rings. The van der Waals surface area contributed by atoms with Crippen LogP contribution in [0, 0.1) is 0 Å². The number of anilines is 1. The van der Waals surface area contributed by atoms with Crippen molar-refractivity contribution >= 4 is 33.5 Å². The van der Waals surface area contributed by atoms with Crippen molar-refractivity contribution in [2.45, 2.75) is 57.7 Å². The molecule has 52 heavy (non-hydrogen) atoms. The minimum Gasteiger partial charge on any atom is -0.491 e. The Morgan fingerprint density at radius 1 is 0.788 bits per heavy atom. The van der Waals surface area contributed by atoms with E-state index in [-0.39, 0.29) is 12.2 Å². The van der Waals surface area contributed by atoms with Crippen LogP contribution in [0.1, 0.15) is 60.5 Å². The minimum atomic E-state index is -4.45. The topological polar surface area (TPSA) is 76.1 Å². The SMILES string of the molecule is CCCCCCCOc1ccc(Br)cc1N(C(=O)c1ccccc1)[C@@H](Cc1ccc(-c2ccccc2Oc2ccc(C(F)(F)F)cc2)cc1)C(=O)O. The molecule has 0 aliphatic carbocycles. The number of benzene rings is 5. The molecule has 0 heterocycles. The molecule has 0 saturated carbocycles. The fraction of sp³-hybridized carbons (Fsp3) is 0.238. The van der Waals surface area contributed by atoms with Crippen molar-refractivity contribution in [2.75, 3.05) is 11.5 Å². The van der Waals surface area contributed by atoms with Gasteiger partial charge in [0, 0.05) is 22.0 Å². The van der Waals surface area contributed by atoms with Crippen molar-refractivity contribution in [3.05, 3.63) is 142 Å². The van der Waals surface area contributed by atoms with E-state index < -0.39 is 29.7 Å². The third-order valence-electron chi connectivity index (χ3n) is 8.51. The third kappa shape index (κ3) is 10.0. The third-order valence-corrected chi connectivity index (χ3v) is 9.01. The molecule has 0 saturated heterocycles. The van der Waals surface area contributed by atoms with Gasteiger partial charge >= 0.3 is 12.1 Å². The Hall–Kier alpha value is -5.09. The maximum Gasteiger partial charge on any atom is 0.416 e. The number of hydrogen-bond acceptors (Lipinski definition) is 4. The molecule has 0 bridgehead atoms. The monoisotopic (exact) mass is 773 g/mol. The lowest BCUT2D eigenvalue weighted by molar-refractivity contribution is -0.139. The molecule has 1 N–H and O–H groups in total. The van der Waals surface area contributed by atoms with Gasteiger partial charge in [-0.25, -0.2) is 4.79 Å². The van der Waals surface area contributed by atoms with Crippen LogP contribution < -0.4 is 14.4 Å². The van der Waals surface area contributed by atoms with Crippen LogP contribution >= 0.6 is 15.9 Å². The molecule has 1 atom stereocenters. The lowest BCUT2D eigenvalue weighted by Gasteiger charge is -2.31. The van der Waals surface area contributed by atoms with Crippen molar-refractivity contribution in [2.24, 2.45) is 0 Å². The molecule has 10 heteroatoms. The van der Waals surface area contributed by atoms with Gasteiger partial charge in [0.1, 0.15) is 23.3 Å². The van der Waals surface area contributed by atoms with Crippen LogP contribution in [0.5, 0.6) is 17.2 Å². The van der Waals surface area contributed by atoms with Gasteiger partial charge in [0.15, 0.2) is 0 Å². The molecular weight excluding hydrogens is 735 g/mol. The maximum atomic E-state index is 14.2. The number of ether oxygens (including phenoxy) is 2. The summed E-state index contributed by atoms with van der Waals surface area (Å²) < 4.78 is 52.0. The first-order chi connectivity index (χ1) is 25.0. The van der Waals surface area contributed by atoms with Gasteiger partial charge in [-0.3, -0.25) is 9.69 Å². The van der Waals surface area contributed by atoms with Crippen LogP contribution in [0.3, 0.4) is 0 Å². The van der Waals surface area contributed by atoms with E-state index in [1.165, 1.54) is 17.0 Å².